The van der Waals surface area contributed by atoms with E-state index in [4.69, 9.17) is 9.72 Å². The average molecular weight is 654 g/mol. The number of thiazole rings is 1. The zero-order valence-corrected chi connectivity index (χ0v) is 26.7. The Balaban J connectivity index is 1.09. The van der Waals surface area contributed by atoms with Crippen molar-refractivity contribution in [3.63, 3.8) is 0 Å². The summed E-state index contributed by atoms with van der Waals surface area (Å²) < 4.78 is 6.50. The predicted molar refractivity (Wildman–Crippen MR) is 170 cm³/mol. The molecule has 2 fully saturated rings. The van der Waals surface area contributed by atoms with Crippen molar-refractivity contribution in [2.24, 2.45) is 0 Å². The van der Waals surface area contributed by atoms with E-state index in [0.717, 1.165) is 90.8 Å². The minimum Gasteiger partial charge on any atom is -0.444 e. The summed E-state index contributed by atoms with van der Waals surface area (Å²) in [5.41, 5.74) is 7.64. The lowest BCUT2D eigenvalue weighted by molar-refractivity contribution is 0.0139. The molecule has 2 saturated heterocycles. The number of halogens is 1. The molecule has 1 aromatic carbocycles. The van der Waals surface area contributed by atoms with Gasteiger partial charge in [-0.1, -0.05) is 24.3 Å². The van der Waals surface area contributed by atoms with Gasteiger partial charge in [0, 0.05) is 82.6 Å². The monoisotopic (exact) mass is 652 g/mol. The number of carbonyl (C=O) groups is 1. The summed E-state index contributed by atoms with van der Waals surface area (Å²) in [6, 6.07) is 8.56. The van der Waals surface area contributed by atoms with E-state index < -0.39 is 5.60 Å². The van der Waals surface area contributed by atoms with Gasteiger partial charge < -0.3 is 19.5 Å². The van der Waals surface area contributed by atoms with Crippen LogP contribution in [0, 0.1) is 0 Å². The molecule has 222 valence electrons. The summed E-state index contributed by atoms with van der Waals surface area (Å²) in [5, 5.41) is 2.13. The number of nitrogens with zero attached hydrogens (tertiary/aromatic N) is 7. The number of hydrogen-bond donors (Lipinski definition) is 1. The van der Waals surface area contributed by atoms with E-state index in [1.54, 1.807) is 16.2 Å². The third-order valence-corrected chi connectivity index (χ3v) is 8.88. The first kappa shape index (κ1) is 29.0. The Labute approximate surface area is 258 Å². The normalized spacial score (nSPS) is 17.2. The third kappa shape index (κ3) is 6.77. The molecular formula is C30H37BrN8O2S. The fourth-order valence-corrected chi connectivity index (χ4v) is 6.58. The van der Waals surface area contributed by atoms with E-state index in [1.165, 1.54) is 5.56 Å². The van der Waals surface area contributed by atoms with Crippen LogP contribution in [-0.2, 0) is 17.8 Å². The Kier molecular flexibility index (Phi) is 8.49. The summed E-state index contributed by atoms with van der Waals surface area (Å²) in [6.07, 6.45) is 1.63. The van der Waals surface area contributed by atoms with Gasteiger partial charge in [-0.2, -0.15) is 0 Å². The van der Waals surface area contributed by atoms with Gasteiger partial charge in [0.05, 0.1) is 21.4 Å². The first-order chi connectivity index (χ1) is 20.2. The molecule has 0 saturated carbocycles. The first-order valence-electron chi connectivity index (χ1n) is 14.4. The zero-order chi connectivity index (χ0) is 29.3. The summed E-state index contributed by atoms with van der Waals surface area (Å²) in [4.78, 5) is 38.9. The second-order valence-corrected chi connectivity index (χ2v) is 13.5. The highest BCUT2D eigenvalue weighted by Crippen LogP contribution is 2.34. The van der Waals surface area contributed by atoms with Crippen LogP contribution in [0.25, 0.3) is 22.6 Å². The average Bonchev–Trinajstić information content (AvgIpc) is 3.64. The molecule has 42 heavy (non-hydrogen) atoms. The quantitative estimate of drug-likeness (QED) is 0.303. The third-order valence-electron chi connectivity index (χ3n) is 7.66. The number of pyridine rings is 1. The summed E-state index contributed by atoms with van der Waals surface area (Å²) in [7, 11) is 0. The van der Waals surface area contributed by atoms with Crippen LogP contribution in [0.3, 0.4) is 0 Å². The molecule has 5 heterocycles. The van der Waals surface area contributed by atoms with Crippen LogP contribution in [-0.4, -0.2) is 98.7 Å². The number of piperazine rings is 2. The number of fused-ring (bicyclic) bond motifs is 1. The van der Waals surface area contributed by atoms with Crippen LogP contribution < -0.4 is 4.90 Å². The highest BCUT2D eigenvalue weighted by atomic mass is 79.9. The second-order valence-electron chi connectivity index (χ2n) is 11.9. The number of hydrogen-bond acceptors (Lipinski definition) is 9. The lowest BCUT2D eigenvalue weighted by atomic mass is 10.1. The highest BCUT2D eigenvalue weighted by molar-refractivity contribution is 9.10. The van der Waals surface area contributed by atoms with E-state index in [2.05, 4.69) is 75.2 Å². The van der Waals surface area contributed by atoms with Crippen LogP contribution in [0.4, 0.5) is 10.5 Å². The van der Waals surface area contributed by atoms with E-state index >= 15 is 0 Å². The lowest BCUT2D eigenvalue weighted by Crippen LogP contribution is -2.49. The molecule has 6 rings (SSSR count). The van der Waals surface area contributed by atoms with Gasteiger partial charge in [0.25, 0.3) is 0 Å². The summed E-state index contributed by atoms with van der Waals surface area (Å²) in [6.45, 7) is 14.3. The van der Waals surface area contributed by atoms with E-state index in [1.807, 2.05) is 32.5 Å². The van der Waals surface area contributed by atoms with Crippen LogP contribution in [0.1, 0.15) is 32.0 Å². The van der Waals surface area contributed by atoms with Crippen LogP contribution in [0.2, 0.25) is 0 Å². The molecule has 1 N–H and O–H groups in total. The van der Waals surface area contributed by atoms with Crippen LogP contribution in [0.5, 0.6) is 0 Å². The van der Waals surface area contributed by atoms with Crippen molar-refractivity contribution >= 4 is 50.2 Å². The number of H-pyrrole nitrogens is 1. The standard InChI is InChI=1S/C30H37BrN8O2S/c1-30(2,3)41-29(40)39-14-10-36(11-15-39)17-21-4-6-22(7-5-21)27-34-25-26(24(31)16-32-28(25)35-27)38-12-8-37(9-13-38)18-23-19-42-20-33-23/h4-7,16,19-20H,8-15,17-18H2,1-3H3,(H,32,34,35). The number of ether oxygens (including phenoxy) is 1. The number of carbonyl (C=O) groups excluding carboxylic acids is 1. The van der Waals surface area contributed by atoms with Crippen LogP contribution in [0.15, 0.2) is 45.8 Å². The van der Waals surface area contributed by atoms with Gasteiger partial charge >= 0.3 is 6.09 Å². The Hall–Kier alpha value is -3.06. The number of benzene rings is 1. The maximum absolute atomic E-state index is 12.4. The molecule has 0 aliphatic carbocycles. The van der Waals surface area contributed by atoms with E-state index in [9.17, 15) is 4.79 Å². The Morgan fingerprint density at radius 1 is 0.976 bits per heavy atom. The first-order valence-corrected chi connectivity index (χ1v) is 16.1. The topological polar surface area (TPSA) is 93.7 Å². The Morgan fingerprint density at radius 3 is 2.33 bits per heavy atom. The maximum Gasteiger partial charge on any atom is 0.410 e. The van der Waals surface area contributed by atoms with Crippen molar-refractivity contribution in [3.8, 4) is 11.4 Å². The van der Waals surface area contributed by atoms with Gasteiger partial charge in [0.2, 0.25) is 0 Å². The summed E-state index contributed by atoms with van der Waals surface area (Å²) >= 11 is 5.41. The molecule has 1 amide bonds. The molecule has 3 aromatic heterocycles. The maximum atomic E-state index is 12.4. The predicted octanol–water partition coefficient (Wildman–Crippen LogP) is 5.22. The van der Waals surface area contributed by atoms with Crippen molar-refractivity contribution in [1.82, 2.24) is 34.6 Å². The van der Waals surface area contributed by atoms with Crippen molar-refractivity contribution in [3.05, 3.63) is 57.1 Å². The van der Waals surface area contributed by atoms with Gasteiger partial charge in [0.1, 0.15) is 16.9 Å². The van der Waals surface area contributed by atoms with Crippen molar-refractivity contribution in [2.45, 2.75) is 39.5 Å². The zero-order valence-electron chi connectivity index (χ0n) is 24.3. The highest BCUT2D eigenvalue weighted by Gasteiger charge is 2.26. The SMILES string of the molecule is CC(C)(C)OC(=O)N1CCN(Cc2ccc(-c3nc4ncc(Br)c(N5CCN(Cc6cscn6)CC5)c4[nH]3)cc2)CC1. The molecule has 0 spiro atoms. The number of aromatic amines is 1. The van der Waals surface area contributed by atoms with Gasteiger partial charge in [-0.3, -0.25) is 9.80 Å². The minimum atomic E-state index is -0.471. The molecule has 12 heteroatoms. The number of nitrogens with one attached hydrogen (secondary N) is 1. The lowest BCUT2D eigenvalue weighted by Gasteiger charge is -2.36. The number of rotatable bonds is 6. The largest absolute Gasteiger partial charge is 0.444 e. The summed E-state index contributed by atoms with van der Waals surface area (Å²) in [5.74, 6) is 0.816. The molecule has 10 nitrogen and oxygen atoms in total. The molecule has 0 unspecified atom stereocenters. The molecular weight excluding hydrogens is 616 g/mol. The van der Waals surface area contributed by atoms with Crippen molar-refractivity contribution in [2.75, 3.05) is 57.3 Å². The Bertz CT molecular complexity index is 1500. The van der Waals surface area contributed by atoms with Gasteiger partial charge in [-0.25, -0.2) is 19.7 Å². The van der Waals surface area contributed by atoms with Gasteiger partial charge in [-0.15, -0.1) is 11.3 Å². The van der Waals surface area contributed by atoms with Crippen molar-refractivity contribution < 1.29 is 9.53 Å². The second kappa shape index (κ2) is 12.3. The van der Waals surface area contributed by atoms with E-state index in [0.29, 0.717) is 13.1 Å². The number of anilines is 1. The molecule has 2 aliphatic heterocycles. The van der Waals surface area contributed by atoms with Crippen molar-refractivity contribution in [1.29, 1.82) is 0 Å². The molecule has 0 bridgehead atoms. The minimum absolute atomic E-state index is 0.226. The van der Waals surface area contributed by atoms with Gasteiger partial charge in [0.15, 0.2) is 5.65 Å². The number of amides is 1. The van der Waals surface area contributed by atoms with E-state index in [-0.39, 0.29) is 6.09 Å². The number of aromatic nitrogens is 4. The molecule has 0 atom stereocenters. The fraction of sp³-hybridized carbons (Fsp3) is 0.467. The Morgan fingerprint density at radius 2 is 1.67 bits per heavy atom. The van der Waals surface area contributed by atoms with Gasteiger partial charge in [-0.05, 0) is 42.3 Å². The molecule has 4 aromatic rings. The van der Waals surface area contributed by atoms with Crippen LogP contribution >= 0.6 is 27.3 Å². The number of imidazole rings is 1. The molecule has 2 aliphatic rings. The molecule has 0 radical (unpaired) electrons. The fourth-order valence-electron chi connectivity index (χ4n) is 5.48. The smallest absolute Gasteiger partial charge is 0.410 e.